The maximum absolute atomic E-state index is 4.11. The zero-order chi connectivity index (χ0) is 9.26. The highest BCUT2D eigenvalue weighted by atomic mass is 15.4. The van der Waals surface area contributed by atoms with Gasteiger partial charge in [-0.1, -0.05) is 6.07 Å². The highest BCUT2D eigenvalue weighted by Gasteiger charge is 2.18. The molecule has 1 atom stereocenters. The van der Waals surface area contributed by atoms with Gasteiger partial charge in [0, 0.05) is 18.0 Å². The first-order chi connectivity index (χ1) is 6.27. The van der Waals surface area contributed by atoms with E-state index < -0.39 is 0 Å². The van der Waals surface area contributed by atoms with Gasteiger partial charge in [-0.3, -0.25) is 4.98 Å². The normalized spacial score (nSPS) is 20.5. The molecule has 0 fully saturated rings. The standard InChI is InChI=1S/C9H10N4/c1-6-3-8(5-10-4-6)9-7(2)11-13-12-9/h3-5,9H,1-2H3. The van der Waals surface area contributed by atoms with Crippen LogP contribution in [-0.2, 0) is 0 Å². The average Bonchev–Trinajstić information content (AvgIpc) is 2.51. The van der Waals surface area contributed by atoms with Gasteiger partial charge in [-0.15, -0.1) is 5.10 Å². The Kier molecular flexibility index (Phi) is 1.88. The predicted molar refractivity (Wildman–Crippen MR) is 49.7 cm³/mol. The van der Waals surface area contributed by atoms with Crippen LogP contribution in [-0.4, -0.2) is 10.7 Å². The molecule has 1 aromatic heterocycles. The summed E-state index contributed by atoms with van der Waals surface area (Å²) in [5.74, 6) is 0. The third-order valence-corrected chi connectivity index (χ3v) is 1.98. The van der Waals surface area contributed by atoms with Crippen LogP contribution in [0.5, 0.6) is 0 Å². The molecule has 2 rings (SSSR count). The van der Waals surface area contributed by atoms with Crippen molar-refractivity contribution in [2.24, 2.45) is 15.4 Å². The lowest BCUT2D eigenvalue weighted by Gasteiger charge is -2.05. The van der Waals surface area contributed by atoms with Crippen LogP contribution < -0.4 is 0 Å². The van der Waals surface area contributed by atoms with Crippen molar-refractivity contribution in [3.63, 3.8) is 0 Å². The molecule has 0 spiro atoms. The zero-order valence-electron chi connectivity index (χ0n) is 7.60. The Morgan fingerprint density at radius 2 is 2.08 bits per heavy atom. The molecule has 0 bridgehead atoms. The van der Waals surface area contributed by atoms with Gasteiger partial charge in [-0.25, -0.2) is 0 Å². The van der Waals surface area contributed by atoms with Crippen molar-refractivity contribution in [3.05, 3.63) is 29.6 Å². The Morgan fingerprint density at radius 1 is 1.23 bits per heavy atom. The topological polar surface area (TPSA) is 50.0 Å². The minimum Gasteiger partial charge on any atom is -0.264 e. The molecule has 4 nitrogen and oxygen atoms in total. The number of nitrogens with zero attached hydrogens (tertiary/aromatic N) is 4. The van der Waals surface area contributed by atoms with Crippen molar-refractivity contribution < 1.29 is 0 Å². The van der Waals surface area contributed by atoms with Crippen LogP contribution in [0, 0.1) is 6.92 Å². The Labute approximate surface area is 76.4 Å². The van der Waals surface area contributed by atoms with E-state index >= 15 is 0 Å². The molecular weight excluding hydrogens is 164 g/mol. The van der Waals surface area contributed by atoms with Gasteiger partial charge in [-0.2, -0.15) is 5.11 Å². The van der Waals surface area contributed by atoms with Gasteiger partial charge in [0.1, 0.15) is 6.04 Å². The van der Waals surface area contributed by atoms with Crippen LogP contribution in [0.1, 0.15) is 24.1 Å². The quantitative estimate of drug-likeness (QED) is 0.644. The van der Waals surface area contributed by atoms with Crippen molar-refractivity contribution in [1.82, 2.24) is 4.98 Å². The molecule has 0 aromatic carbocycles. The molecular formula is C9H10N4. The van der Waals surface area contributed by atoms with Crippen LogP contribution in [0.4, 0.5) is 0 Å². The second-order valence-electron chi connectivity index (χ2n) is 3.14. The van der Waals surface area contributed by atoms with Crippen molar-refractivity contribution in [3.8, 4) is 0 Å². The van der Waals surface area contributed by atoms with Crippen LogP contribution >= 0.6 is 0 Å². The fourth-order valence-corrected chi connectivity index (χ4v) is 1.32. The Bertz CT molecular complexity index is 381. The number of aryl methyl sites for hydroxylation is 1. The summed E-state index contributed by atoms with van der Waals surface area (Å²) in [6, 6.07) is 2.04. The zero-order valence-corrected chi connectivity index (χ0v) is 7.60. The maximum Gasteiger partial charge on any atom is 0.139 e. The second kappa shape index (κ2) is 3.05. The minimum atomic E-state index is -0.0209. The lowest BCUT2D eigenvalue weighted by molar-refractivity contribution is 0.889. The van der Waals surface area contributed by atoms with Gasteiger partial charge in [-0.05, 0) is 24.6 Å². The molecule has 0 saturated carbocycles. The summed E-state index contributed by atoms with van der Waals surface area (Å²) in [5.41, 5.74) is 3.11. The van der Waals surface area contributed by atoms with Gasteiger partial charge in [0.25, 0.3) is 0 Å². The number of hydrogen-bond donors (Lipinski definition) is 0. The highest BCUT2D eigenvalue weighted by Crippen LogP contribution is 2.23. The molecule has 1 aliphatic heterocycles. The summed E-state index contributed by atoms with van der Waals surface area (Å²) >= 11 is 0. The van der Waals surface area contributed by atoms with Crippen LogP contribution in [0.15, 0.2) is 33.9 Å². The summed E-state index contributed by atoms with van der Waals surface area (Å²) in [4.78, 5) is 4.11. The van der Waals surface area contributed by atoms with Gasteiger partial charge in [0.05, 0.1) is 5.71 Å². The molecule has 0 radical (unpaired) electrons. The highest BCUT2D eigenvalue weighted by molar-refractivity contribution is 5.89. The van der Waals surface area contributed by atoms with Gasteiger partial charge < -0.3 is 0 Å². The molecule has 0 aliphatic carbocycles. The predicted octanol–water partition coefficient (Wildman–Crippen LogP) is 2.27. The Morgan fingerprint density at radius 3 is 2.69 bits per heavy atom. The first-order valence-electron chi connectivity index (χ1n) is 4.13. The minimum absolute atomic E-state index is 0.0209. The van der Waals surface area contributed by atoms with Gasteiger partial charge in [0.2, 0.25) is 0 Å². The maximum atomic E-state index is 4.11. The van der Waals surface area contributed by atoms with E-state index in [1.54, 1.807) is 6.20 Å². The summed E-state index contributed by atoms with van der Waals surface area (Å²) in [6.07, 6.45) is 3.63. The van der Waals surface area contributed by atoms with Crippen molar-refractivity contribution in [2.75, 3.05) is 0 Å². The molecule has 0 saturated heterocycles. The van der Waals surface area contributed by atoms with Crippen molar-refractivity contribution in [1.29, 1.82) is 0 Å². The number of rotatable bonds is 1. The van der Waals surface area contributed by atoms with Gasteiger partial charge in [0.15, 0.2) is 0 Å². The molecule has 1 unspecified atom stereocenters. The van der Waals surface area contributed by atoms with E-state index in [1.165, 1.54) is 0 Å². The van der Waals surface area contributed by atoms with E-state index in [9.17, 15) is 0 Å². The average molecular weight is 174 g/mol. The first kappa shape index (κ1) is 8.04. The van der Waals surface area contributed by atoms with Crippen molar-refractivity contribution in [2.45, 2.75) is 19.9 Å². The number of pyridine rings is 1. The monoisotopic (exact) mass is 174 g/mol. The lowest BCUT2D eigenvalue weighted by Crippen LogP contribution is -2.03. The SMILES string of the molecule is CC1=NN=NC1c1cncc(C)c1. The molecule has 0 N–H and O–H groups in total. The van der Waals surface area contributed by atoms with E-state index in [-0.39, 0.29) is 6.04 Å². The van der Waals surface area contributed by atoms with Crippen molar-refractivity contribution >= 4 is 5.71 Å². The van der Waals surface area contributed by atoms with E-state index in [0.29, 0.717) is 0 Å². The molecule has 4 heteroatoms. The summed E-state index contributed by atoms with van der Waals surface area (Å²) < 4.78 is 0. The second-order valence-corrected chi connectivity index (χ2v) is 3.14. The molecule has 0 amide bonds. The van der Waals surface area contributed by atoms with Crippen LogP contribution in [0.25, 0.3) is 0 Å². The first-order valence-corrected chi connectivity index (χ1v) is 4.13. The van der Waals surface area contributed by atoms with E-state index in [0.717, 1.165) is 16.8 Å². The third-order valence-electron chi connectivity index (χ3n) is 1.98. The summed E-state index contributed by atoms with van der Waals surface area (Å²) in [7, 11) is 0. The molecule has 2 heterocycles. The van der Waals surface area contributed by atoms with Gasteiger partial charge >= 0.3 is 0 Å². The summed E-state index contributed by atoms with van der Waals surface area (Å²) in [6.45, 7) is 3.93. The third kappa shape index (κ3) is 1.47. The van der Waals surface area contributed by atoms with E-state index in [2.05, 4.69) is 26.5 Å². The Hall–Kier alpha value is -1.58. The number of hydrogen-bond acceptors (Lipinski definition) is 4. The Balaban J connectivity index is 2.36. The molecule has 66 valence electrons. The molecule has 13 heavy (non-hydrogen) atoms. The fraction of sp³-hybridized carbons (Fsp3) is 0.333. The summed E-state index contributed by atoms with van der Waals surface area (Å²) in [5, 5.41) is 11.5. The molecule has 1 aliphatic rings. The van der Waals surface area contributed by atoms with E-state index in [4.69, 9.17) is 0 Å². The number of aromatic nitrogens is 1. The largest absolute Gasteiger partial charge is 0.264 e. The van der Waals surface area contributed by atoms with Crippen LogP contribution in [0.3, 0.4) is 0 Å². The lowest BCUT2D eigenvalue weighted by atomic mass is 10.1. The smallest absolute Gasteiger partial charge is 0.139 e. The molecule has 1 aromatic rings. The fourth-order valence-electron chi connectivity index (χ4n) is 1.32. The van der Waals surface area contributed by atoms with E-state index in [1.807, 2.05) is 20.0 Å². The van der Waals surface area contributed by atoms with Crippen LogP contribution in [0.2, 0.25) is 0 Å².